The first-order chi connectivity index (χ1) is 3.77. The lowest BCUT2D eigenvalue weighted by atomic mass is 10.4. The summed E-state index contributed by atoms with van der Waals surface area (Å²) in [5.41, 5.74) is 0. The molecule has 8 heavy (non-hydrogen) atoms. The van der Waals surface area contributed by atoms with Gasteiger partial charge in [0.25, 0.3) is 0 Å². The molecule has 0 fully saturated rings. The van der Waals surface area contributed by atoms with E-state index >= 15 is 0 Å². The Morgan fingerprint density at radius 1 is 1.75 bits per heavy atom. The molecule has 0 heterocycles. The molecule has 0 aliphatic rings. The Balaban J connectivity index is 2.82. The highest BCUT2D eigenvalue weighted by Gasteiger charge is 1.92. The van der Waals surface area contributed by atoms with Crippen molar-refractivity contribution in [2.45, 2.75) is 12.8 Å². The molecule has 3 nitrogen and oxygen atoms in total. The van der Waals surface area contributed by atoms with Crippen LogP contribution in [-0.4, -0.2) is 10.4 Å². The molecule has 48 valence electrons. The van der Waals surface area contributed by atoms with Crippen LogP contribution in [-0.2, 0) is 9.63 Å². The zero-order valence-electron chi connectivity index (χ0n) is 4.39. The van der Waals surface area contributed by atoms with Gasteiger partial charge >= 0.3 is 0 Å². The Kier molecular flexibility index (Phi) is 5.67. The minimum absolute atomic E-state index is 0.152. The third-order valence-corrected chi connectivity index (χ3v) is 1.17. The van der Waals surface area contributed by atoms with E-state index in [2.05, 4.69) is 4.84 Å². The fourth-order valence-corrected chi connectivity index (χ4v) is 0.676. The van der Waals surface area contributed by atoms with E-state index in [1.807, 2.05) is 0 Å². The van der Waals surface area contributed by atoms with Gasteiger partial charge in [0.2, 0.25) is 0 Å². The lowest BCUT2D eigenvalue weighted by Gasteiger charge is -1.91. The van der Waals surface area contributed by atoms with Gasteiger partial charge in [-0.2, -0.15) is 0 Å². The number of carbonyl (C=O) groups excluding carboxylic acids is 1. The number of hydrogen-bond acceptors (Lipinski definition) is 3. The van der Waals surface area contributed by atoms with Crippen molar-refractivity contribution in [2.24, 2.45) is 5.90 Å². The fourth-order valence-electron chi connectivity index (χ4n) is 0.294. The maximum Gasteiger partial charge on any atom is 0.192 e. The monoisotopic (exact) mass is 229 g/mol. The van der Waals surface area contributed by atoms with Gasteiger partial charge in [0.05, 0.1) is 6.61 Å². The van der Waals surface area contributed by atoms with Crippen LogP contribution in [0.1, 0.15) is 12.8 Å². The molecular weight excluding hydrogens is 221 g/mol. The van der Waals surface area contributed by atoms with E-state index in [0.29, 0.717) is 13.0 Å². The summed E-state index contributed by atoms with van der Waals surface area (Å²) in [6.07, 6.45) is 1.27. The predicted molar refractivity (Wildman–Crippen MR) is 38.4 cm³/mol. The molecule has 0 bridgehead atoms. The first-order valence-corrected chi connectivity index (χ1v) is 3.35. The van der Waals surface area contributed by atoms with Gasteiger partial charge < -0.3 is 4.84 Å². The van der Waals surface area contributed by atoms with Crippen LogP contribution in [0.3, 0.4) is 0 Å². The third kappa shape index (κ3) is 6.32. The van der Waals surface area contributed by atoms with Crippen LogP contribution in [0.25, 0.3) is 0 Å². The van der Waals surface area contributed by atoms with Crippen LogP contribution in [0.5, 0.6) is 0 Å². The molecular formula is C4H8INO2. The lowest BCUT2D eigenvalue weighted by Crippen LogP contribution is -2.01. The van der Waals surface area contributed by atoms with Crippen LogP contribution in [0.2, 0.25) is 0 Å². The van der Waals surface area contributed by atoms with Crippen LogP contribution < -0.4 is 5.90 Å². The van der Waals surface area contributed by atoms with E-state index < -0.39 is 0 Å². The van der Waals surface area contributed by atoms with E-state index in [-0.39, 0.29) is 3.79 Å². The van der Waals surface area contributed by atoms with Crippen molar-refractivity contribution in [3.05, 3.63) is 0 Å². The summed E-state index contributed by atoms with van der Waals surface area (Å²) in [4.78, 5) is 14.4. The van der Waals surface area contributed by atoms with Crippen molar-refractivity contribution < 1.29 is 9.63 Å². The van der Waals surface area contributed by atoms with Crippen LogP contribution in [0.15, 0.2) is 0 Å². The molecule has 0 unspecified atom stereocenters. The second-order valence-electron chi connectivity index (χ2n) is 1.33. The summed E-state index contributed by atoms with van der Waals surface area (Å²) in [5.74, 6) is 4.70. The fraction of sp³-hybridized carbons (Fsp3) is 0.750. The van der Waals surface area contributed by atoms with Gasteiger partial charge in [-0.1, -0.05) is 0 Å². The minimum Gasteiger partial charge on any atom is -0.305 e. The Morgan fingerprint density at radius 2 is 2.38 bits per heavy atom. The molecule has 0 aliphatic heterocycles. The van der Waals surface area contributed by atoms with E-state index in [1.54, 1.807) is 22.6 Å². The molecule has 2 N–H and O–H groups in total. The van der Waals surface area contributed by atoms with Gasteiger partial charge in [-0.25, -0.2) is 5.90 Å². The van der Waals surface area contributed by atoms with Gasteiger partial charge in [-0.15, -0.1) is 0 Å². The smallest absolute Gasteiger partial charge is 0.192 e. The SMILES string of the molecule is NOCCCC(=O)I. The molecule has 0 aromatic heterocycles. The summed E-state index contributed by atoms with van der Waals surface area (Å²) in [7, 11) is 0. The van der Waals surface area contributed by atoms with Crippen molar-refractivity contribution in [1.29, 1.82) is 0 Å². The van der Waals surface area contributed by atoms with Crippen LogP contribution in [0.4, 0.5) is 0 Å². The van der Waals surface area contributed by atoms with Crippen molar-refractivity contribution in [2.75, 3.05) is 6.61 Å². The Bertz CT molecular complexity index is 76.4. The van der Waals surface area contributed by atoms with Crippen LogP contribution >= 0.6 is 22.6 Å². The number of halogens is 1. The highest BCUT2D eigenvalue weighted by molar-refractivity contribution is 14.1. The minimum atomic E-state index is 0.152. The lowest BCUT2D eigenvalue weighted by molar-refractivity contribution is -0.109. The molecule has 0 saturated carbocycles. The molecule has 0 aromatic rings. The Hall–Kier alpha value is 0.320. The first kappa shape index (κ1) is 8.32. The third-order valence-electron chi connectivity index (χ3n) is 0.636. The maximum atomic E-state index is 10.2. The standard InChI is InChI=1S/C4H8INO2/c5-4(7)2-1-3-8-6/h1-3,6H2. The summed E-state index contributed by atoms with van der Waals surface area (Å²) in [5, 5.41) is 0. The molecule has 0 saturated heterocycles. The van der Waals surface area contributed by atoms with Crippen molar-refractivity contribution in [3.63, 3.8) is 0 Å². The van der Waals surface area contributed by atoms with E-state index in [0.717, 1.165) is 6.42 Å². The molecule has 0 aliphatic carbocycles. The molecule has 0 spiro atoms. The van der Waals surface area contributed by atoms with Crippen molar-refractivity contribution in [1.82, 2.24) is 0 Å². The Labute approximate surface area is 61.7 Å². The molecule has 0 atom stereocenters. The second-order valence-corrected chi connectivity index (χ2v) is 2.53. The number of nitrogens with two attached hydrogens (primary N) is 1. The molecule has 0 amide bonds. The topological polar surface area (TPSA) is 52.3 Å². The first-order valence-electron chi connectivity index (χ1n) is 2.27. The quantitative estimate of drug-likeness (QED) is 0.332. The predicted octanol–water partition coefficient (Wildman–Crippen LogP) is 0.619. The number of rotatable bonds is 4. The summed E-state index contributed by atoms with van der Waals surface area (Å²) < 4.78 is 0.152. The summed E-state index contributed by atoms with van der Waals surface area (Å²) >= 11 is 1.75. The van der Waals surface area contributed by atoms with E-state index in [4.69, 9.17) is 5.90 Å². The van der Waals surface area contributed by atoms with Crippen LogP contribution in [0, 0.1) is 0 Å². The molecule has 0 radical (unpaired) electrons. The Morgan fingerprint density at radius 3 is 2.75 bits per heavy atom. The molecule has 0 aromatic carbocycles. The van der Waals surface area contributed by atoms with Crippen molar-refractivity contribution >= 4 is 26.4 Å². The average Bonchev–Trinajstić information content (AvgIpc) is 1.66. The normalized spacial score (nSPS) is 9.25. The highest BCUT2D eigenvalue weighted by atomic mass is 127. The van der Waals surface area contributed by atoms with E-state index in [9.17, 15) is 4.79 Å². The number of hydrogen-bond donors (Lipinski definition) is 1. The van der Waals surface area contributed by atoms with Gasteiger partial charge in [0, 0.05) is 6.42 Å². The molecule has 0 rings (SSSR count). The molecule has 4 heteroatoms. The summed E-state index contributed by atoms with van der Waals surface area (Å²) in [6, 6.07) is 0. The zero-order valence-corrected chi connectivity index (χ0v) is 6.55. The number of carbonyl (C=O) groups is 1. The van der Waals surface area contributed by atoms with E-state index in [1.165, 1.54) is 0 Å². The average molecular weight is 229 g/mol. The largest absolute Gasteiger partial charge is 0.305 e. The second kappa shape index (κ2) is 5.46. The van der Waals surface area contributed by atoms with Gasteiger partial charge in [-0.3, -0.25) is 4.79 Å². The van der Waals surface area contributed by atoms with Gasteiger partial charge in [0.1, 0.15) is 0 Å². The van der Waals surface area contributed by atoms with Crippen molar-refractivity contribution in [3.8, 4) is 0 Å². The zero-order chi connectivity index (χ0) is 6.41. The highest BCUT2D eigenvalue weighted by Crippen LogP contribution is 1.95. The summed E-state index contributed by atoms with van der Waals surface area (Å²) in [6.45, 7) is 0.467. The van der Waals surface area contributed by atoms with Gasteiger partial charge in [-0.05, 0) is 29.0 Å². The maximum absolute atomic E-state index is 10.2. The van der Waals surface area contributed by atoms with Gasteiger partial charge in [0.15, 0.2) is 3.79 Å².